The van der Waals surface area contributed by atoms with E-state index in [4.69, 9.17) is 10.5 Å². The number of carbonyl (C=O) groups excluding carboxylic acids is 1. The third kappa shape index (κ3) is 2.60. The first-order valence-electron chi connectivity index (χ1n) is 5.90. The first kappa shape index (κ1) is 12.8. The number of nitrogens with two attached hydrogens (primary N) is 1. The van der Waals surface area contributed by atoms with Gasteiger partial charge in [-0.05, 0) is 19.1 Å². The Labute approximate surface area is 105 Å². The van der Waals surface area contributed by atoms with Crippen LogP contribution < -0.4 is 5.73 Å². The lowest BCUT2D eigenvalue weighted by Crippen LogP contribution is -2.51. The van der Waals surface area contributed by atoms with Crippen LogP contribution in [0.1, 0.15) is 17.4 Å². The first-order valence-corrected chi connectivity index (χ1v) is 5.90. The lowest BCUT2D eigenvalue weighted by Gasteiger charge is -2.34. The standard InChI is InChI=1S/C12H17N3O3/c1-8(13)10-7-15(5-6-18-10)12(17)11-9(16)3-2-4-14-11/h2-4,8,10,16H,5-7,13H2,1H3. The van der Waals surface area contributed by atoms with Gasteiger partial charge in [0.25, 0.3) is 5.91 Å². The summed E-state index contributed by atoms with van der Waals surface area (Å²) in [7, 11) is 0. The summed E-state index contributed by atoms with van der Waals surface area (Å²) < 4.78 is 5.48. The van der Waals surface area contributed by atoms with Crippen LogP contribution in [0.5, 0.6) is 5.75 Å². The molecule has 1 saturated heterocycles. The van der Waals surface area contributed by atoms with Gasteiger partial charge in [0.2, 0.25) is 0 Å². The van der Waals surface area contributed by atoms with Gasteiger partial charge in [0.1, 0.15) is 5.75 Å². The maximum Gasteiger partial charge on any atom is 0.276 e. The van der Waals surface area contributed by atoms with E-state index < -0.39 is 0 Å². The maximum atomic E-state index is 12.2. The number of aromatic nitrogens is 1. The van der Waals surface area contributed by atoms with Crippen molar-refractivity contribution >= 4 is 5.91 Å². The third-order valence-electron chi connectivity index (χ3n) is 2.96. The molecule has 2 unspecified atom stereocenters. The molecule has 0 radical (unpaired) electrons. The van der Waals surface area contributed by atoms with E-state index >= 15 is 0 Å². The van der Waals surface area contributed by atoms with Gasteiger partial charge in [-0.25, -0.2) is 4.98 Å². The van der Waals surface area contributed by atoms with Crippen LogP contribution in [0.25, 0.3) is 0 Å². The number of ether oxygens (including phenoxy) is 1. The maximum absolute atomic E-state index is 12.2. The number of amides is 1. The second-order valence-electron chi connectivity index (χ2n) is 4.39. The number of nitrogens with zero attached hydrogens (tertiary/aromatic N) is 2. The predicted octanol–water partition coefficient (Wildman–Crippen LogP) is -0.0246. The Morgan fingerprint density at radius 1 is 1.72 bits per heavy atom. The van der Waals surface area contributed by atoms with Crippen LogP contribution in [0, 0.1) is 0 Å². The van der Waals surface area contributed by atoms with Crippen molar-refractivity contribution in [2.45, 2.75) is 19.1 Å². The fourth-order valence-corrected chi connectivity index (χ4v) is 1.89. The number of rotatable bonds is 2. The molecule has 1 amide bonds. The van der Waals surface area contributed by atoms with Gasteiger partial charge in [-0.3, -0.25) is 4.79 Å². The van der Waals surface area contributed by atoms with Gasteiger partial charge in [0.05, 0.1) is 12.7 Å². The highest BCUT2D eigenvalue weighted by molar-refractivity contribution is 5.94. The van der Waals surface area contributed by atoms with Gasteiger partial charge in [-0.1, -0.05) is 0 Å². The Morgan fingerprint density at radius 2 is 2.50 bits per heavy atom. The monoisotopic (exact) mass is 251 g/mol. The lowest BCUT2D eigenvalue weighted by atomic mass is 10.1. The quantitative estimate of drug-likeness (QED) is 0.771. The Hall–Kier alpha value is -1.66. The molecule has 2 heterocycles. The molecule has 0 bridgehead atoms. The zero-order valence-corrected chi connectivity index (χ0v) is 10.2. The van der Waals surface area contributed by atoms with Crippen molar-refractivity contribution < 1.29 is 14.6 Å². The van der Waals surface area contributed by atoms with Gasteiger partial charge in [0, 0.05) is 25.3 Å². The summed E-state index contributed by atoms with van der Waals surface area (Å²) in [5, 5.41) is 9.62. The average molecular weight is 251 g/mol. The molecule has 98 valence electrons. The molecule has 0 saturated carbocycles. The smallest absolute Gasteiger partial charge is 0.276 e. The van der Waals surface area contributed by atoms with Crippen LogP contribution in [0.4, 0.5) is 0 Å². The number of hydrogen-bond acceptors (Lipinski definition) is 5. The fraction of sp³-hybridized carbons (Fsp3) is 0.500. The van der Waals surface area contributed by atoms with Crippen molar-refractivity contribution in [1.82, 2.24) is 9.88 Å². The minimum absolute atomic E-state index is 0.0721. The van der Waals surface area contributed by atoms with E-state index in [0.717, 1.165) is 0 Å². The Morgan fingerprint density at radius 3 is 3.17 bits per heavy atom. The van der Waals surface area contributed by atoms with Crippen molar-refractivity contribution in [3.63, 3.8) is 0 Å². The Balaban J connectivity index is 2.12. The van der Waals surface area contributed by atoms with Crippen LogP contribution in [0.15, 0.2) is 18.3 Å². The molecule has 1 aromatic rings. The molecule has 2 rings (SSSR count). The molecule has 0 aliphatic carbocycles. The van der Waals surface area contributed by atoms with E-state index in [9.17, 15) is 9.90 Å². The highest BCUT2D eigenvalue weighted by Crippen LogP contribution is 2.17. The van der Waals surface area contributed by atoms with E-state index in [1.54, 1.807) is 11.0 Å². The van der Waals surface area contributed by atoms with E-state index in [0.29, 0.717) is 19.7 Å². The Kier molecular flexibility index (Phi) is 3.78. The van der Waals surface area contributed by atoms with Gasteiger partial charge in [-0.15, -0.1) is 0 Å². The highest BCUT2D eigenvalue weighted by Gasteiger charge is 2.28. The van der Waals surface area contributed by atoms with Gasteiger partial charge in [0.15, 0.2) is 5.69 Å². The second kappa shape index (κ2) is 5.32. The number of morpholine rings is 1. The molecular formula is C12H17N3O3. The number of hydrogen-bond donors (Lipinski definition) is 2. The molecule has 1 fully saturated rings. The van der Waals surface area contributed by atoms with Crippen LogP contribution in [-0.4, -0.2) is 52.7 Å². The summed E-state index contributed by atoms with van der Waals surface area (Å²) in [4.78, 5) is 17.7. The average Bonchev–Trinajstić information content (AvgIpc) is 2.38. The molecule has 1 aliphatic heterocycles. The van der Waals surface area contributed by atoms with Crippen molar-refractivity contribution in [1.29, 1.82) is 0 Å². The van der Waals surface area contributed by atoms with Crippen LogP contribution in [-0.2, 0) is 4.74 Å². The minimum Gasteiger partial charge on any atom is -0.505 e. The molecule has 3 N–H and O–H groups in total. The first-order chi connectivity index (χ1) is 8.59. The van der Waals surface area contributed by atoms with Crippen LogP contribution in [0.2, 0.25) is 0 Å². The van der Waals surface area contributed by atoms with Crippen molar-refractivity contribution in [3.05, 3.63) is 24.0 Å². The Bertz CT molecular complexity index is 436. The second-order valence-corrected chi connectivity index (χ2v) is 4.39. The van der Waals surface area contributed by atoms with E-state index in [1.807, 2.05) is 6.92 Å². The zero-order chi connectivity index (χ0) is 13.1. The highest BCUT2D eigenvalue weighted by atomic mass is 16.5. The molecule has 1 aromatic heterocycles. The SMILES string of the molecule is CC(N)C1CN(C(=O)c2ncccc2O)CCO1. The van der Waals surface area contributed by atoms with Crippen molar-refractivity contribution in [3.8, 4) is 5.75 Å². The van der Waals surface area contributed by atoms with Crippen LogP contribution in [0.3, 0.4) is 0 Å². The normalized spacial score (nSPS) is 21.7. The van der Waals surface area contributed by atoms with E-state index in [2.05, 4.69) is 4.98 Å². The molecular weight excluding hydrogens is 234 g/mol. The van der Waals surface area contributed by atoms with Crippen molar-refractivity contribution in [2.75, 3.05) is 19.7 Å². The molecule has 0 aromatic carbocycles. The zero-order valence-electron chi connectivity index (χ0n) is 10.2. The predicted molar refractivity (Wildman–Crippen MR) is 65.2 cm³/mol. The largest absolute Gasteiger partial charge is 0.505 e. The number of carbonyl (C=O) groups is 1. The van der Waals surface area contributed by atoms with E-state index in [-0.39, 0.29) is 29.5 Å². The molecule has 1 aliphatic rings. The number of pyridine rings is 1. The molecule has 2 atom stereocenters. The van der Waals surface area contributed by atoms with E-state index in [1.165, 1.54) is 12.3 Å². The summed E-state index contributed by atoms with van der Waals surface area (Å²) >= 11 is 0. The van der Waals surface area contributed by atoms with Gasteiger partial charge < -0.3 is 20.5 Å². The summed E-state index contributed by atoms with van der Waals surface area (Å²) in [5.41, 5.74) is 5.84. The summed E-state index contributed by atoms with van der Waals surface area (Å²) in [6.07, 6.45) is 1.31. The lowest BCUT2D eigenvalue weighted by molar-refractivity contribution is -0.0302. The van der Waals surface area contributed by atoms with Crippen molar-refractivity contribution in [2.24, 2.45) is 5.73 Å². The molecule has 18 heavy (non-hydrogen) atoms. The summed E-state index contributed by atoms with van der Waals surface area (Å²) in [6, 6.07) is 2.89. The molecule has 6 nitrogen and oxygen atoms in total. The number of aromatic hydroxyl groups is 1. The fourth-order valence-electron chi connectivity index (χ4n) is 1.89. The summed E-state index contributed by atoms with van der Waals surface area (Å²) in [6.45, 7) is 3.20. The van der Waals surface area contributed by atoms with Gasteiger partial charge in [-0.2, -0.15) is 0 Å². The molecule has 6 heteroatoms. The topological polar surface area (TPSA) is 88.7 Å². The third-order valence-corrected chi connectivity index (χ3v) is 2.96. The minimum atomic E-state index is -0.290. The van der Waals surface area contributed by atoms with Gasteiger partial charge >= 0.3 is 0 Å². The molecule has 0 spiro atoms. The summed E-state index contributed by atoms with van der Waals surface area (Å²) in [5.74, 6) is -0.395. The van der Waals surface area contributed by atoms with Crippen LogP contribution >= 0.6 is 0 Å².